The van der Waals surface area contributed by atoms with Gasteiger partial charge in [0.15, 0.2) is 5.13 Å². The second kappa shape index (κ2) is 10.7. The van der Waals surface area contributed by atoms with Gasteiger partial charge in [-0.1, -0.05) is 29.5 Å². The standard InChI is InChI=1S/C22H22F3N3O3S2/c23-22(24,25)31-16-6-7-18-19(14-16)33-21(26-18)28(9-8-27-10-12-30-13-11-27)20(29)15-32-17-4-2-1-3-5-17/h1-7,14H,8-13,15H2. The minimum atomic E-state index is -4.77. The van der Waals surface area contributed by atoms with Crippen LogP contribution in [-0.2, 0) is 9.53 Å². The number of anilines is 1. The fourth-order valence-corrected chi connectivity index (χ4v) is 5.17. The van der Waals surface area contributed by atoms with Crippen molar-refractivity contribution >= 4 is 44.4 Å². The Morgan fingerprint density at radius 3 is 2.67 bits per heavy atom. The predicted octanol–water partition coefficient (Wildman–Crippen LogP) is 4.65. The van der Waals surface area contributed by atoms with E-state index in [0.717, 1.165) is 18.0 Å². The first-order valence-corrected chi connectivity index (χ1v) is 12.1. The van der Waals surface area contributed by atoms with E-state index in [1.807, 2.05) is 30.3 Å². The van der Waals surface area contributed by atoms with E-state index in [-0.39, 0.29) is 17.4 Å². The molecule has 1 saturated heterocycles. The van der Waals surface area contributed by atoms with E-state index in [0.29, 0.717) is 41.7 Å². The minimum absolute atomic E-state index is 0.108. The lowest BCUT2D eigenvalue weighted by atomic mass is 10.3. The molecule has 4 rings (SSSR count). The van der Waals surface area contributed by atoms with E-state index in [4.69, 9.17) is 4.74 Å². The van der Waals surface area contributed by atoms with Crippen molar-refractivity contribution in [1.29, 1.82) is 0 Å². The SMILES string of the molecule is O=C(CSc1ccccc1)N(CCN1CCOCC1)c1nc2ccc(OC(F)(F)F)cc2s1. The molecule has 0 saturated carbocycles. The van der Waals surface area contributed by atoms with Gasteiger partial charge in [-0.2, -0.15) is 0 Å². The van der Waals surface area contributed by atoms with Gasteiger partial charge >= 0.3 is 6.36 Å². The number of carbonyl (C=O) groups excluding carboxylic acids is 1. The molecule has 1 aliphatic heterocycles. The smallest absolute Gasteiger partial charge is 0.406 e. The molecule has 0 N–H and O–H groups in total. The number of benzene rings is 2. The minimum Gasteiger partial charge on any atom is -0.406 e. The molecule has 0 bridgehead atoms. The van der Waals surface area contributed by atoms with Crippen LogP contribution in [0.1, 0.15) is 0 Å². The first kappa shape index (κ1) is 23.8. The number of morpholine rings is 1. The Kier molecular flexibility index (Phi) is 7.74. The van der Waals surface area contributed by atoms with Gasteiger partial charge in [-0.3, -0.25) is 14.6 Å². The van der Waals surface area contributed by atoms with Gasteiger partial charge in [-0.05, 0) is 24.3 Å². The van der Waals surface area contributed by atoms with Crippen molar-refractivity contribution < 1.29 is 27.4 Å². The molecule has 11 heteroatoms. The van der Waals surface area contributed by atoms with Crippen LogP contribution >= 0.6 is 23.1 Å². The van der Waals surface area contributed by atoms with Crippen molar-refractivity contribution in [2.45, 2.75) is 11.3 Å². The summed E-state index contributed by atoms with van der Waals surface area (Å²) < 4.78 is 47.7. The van der Waals surface area contributed by atoms with Gasteiger partial charge in [0.05, 0.1) is 29.2 Å². The first-order valence-electron chi connectivity index (χ1n) is 10.3. The second-order valence-corrected chi connectivity index (χ2v) is 9.33. The van der Waals surface area contributed by atoms with Gasteiger partial charge in [0, 0.05) is 37.1 Å². The summed E-state index contributed by atoms with van der Waals surface area (Å²) in [5.41, 5.74) is 0.518. The van der Waals surface area contributed by atoms with E-state index >= 15 is 0 Å². The van der Waals surface area contributed by atoms with Crippen LogP contribution in [0, 0.1) is 0 Å². The van der Waals surface area contributed by atoms with Crippen LogP contribution in [0.5, 0.6) is 5.75 Å². The van der Waals surface area contributed by atoms with Gasteiger partial charge in [0.25, 0.3) is 0 Å². The number of halogens is 3. The van der Waals surface area contributed by atoms with Crippen LogP contribution in [0.2, 0.25) is 0 Å². The second-order valence-electron chi connectivity index (χ2n) is 7.27. The molecular formula is C22H22F3N3O3S2. The first-order chi connectivity index (χ1) is 15.9. The fourth-order valence-electron chi connectivity index (χ4n) is 3.34. The van der Waals surface area contributed by atoms with E-state index < -0.39 is 6.36 Å². The van der Waals surface area contributed by atoms with Crippen molar-refractivity contribution in [2.24, 2.45) is 0 Å². The largest absolute Gasteiger partial charge is 0.573 e. The van der Waals surface area contributed by atoms with E-state index in [1.165, 1.54) is 41.3 Å². The lowest BCUT2D eigenvalue weighted by molar-refractivity contribution is -0.274. The molecule has 1 aromatic heterocycles. The maximum absolute atomic E-state index is 13.2. The van der Waals surface area contributed by atoms with Crippen molar-refractivity contribution in [3.8, 4) is 5.75 Å². The summed E-state index contributed by atoms with van der Waals surface area (Å²) in [6.45, 7) is 3.97. The number of carbonyl (C=O) groups is 1. The molecule has 0 spiro atoms. The number of aromatic nitrogens is 1. The maximum Gasteiger partial charge on any atom is 0.573 e. The van der Waals surface area contributed by atoms with Gasteiger partial charge in [-0.25, -0.2) is 4.98 Å². The normalized spacial score (nSPS) is 15.0. The van der Waals surface area contributed by atoms with Crippen molar-refractivity contribution in [2.75, 3.05) is 50.0 Å². The van der Waals surface area contributed by atoms with E-state index in [1.54, 1.807) is 4.90 Å². The zero-order valence-electron chi connectivity index (χ0n) is 17.6. The molecule has 3 aromatic rings. The van der Waals surface area contributed by atoms with Crippen molar-refractivity contribution in [3.05, 3.63) is 48.5 Å². The number of amides is 1. The van der Waals surface area contributed by atoms with Crippen LogP contribution < -0.4 is 9.64 Å². The molecule has 2 aromatic carbocycles. The number of hydrogen-bond donors (Lipinski definition) is 0. The van der Waals surface area contributed by atoms with Gasteiger partial charge in [0.1, 0.15) is 5.75 Å². The summed E-state index contributed by atoms with van der Waals surface area (Å²) in [5.74, 6) is -0.190. The Labute approximate surface area is 197 Å². The maximum atomic E-state index is 13.2. The Bertz CT molecular complexity index is 1070. The molecule has 0 atom stereocenters. The van der Waals surface area contributed by atoms with Crippen molar-refractivity contribution in [1.82, 2.24) is 9.88 Å². The molecule has 0 aliphatic carbocycles. The van der Waals surface area contributed by atoms with Crippen LogP contribution in [0.4, 0.5) is 18.3 Å². The third-order valence-electron chi connectivity index (χ3n) is 4.96. The molecular weight excluding hydrogens is 475 g/mol. The molecule has 2 heterocycles. The third-order valence-corrected chi connectivity index (χ3v) is 7.00. The van der Waals surface area contributed by atoms with Gasteiger partial charge < -0.3 is 9.47 Å². The summed E-state index contributed by atoms with van der Waals surface area (Å²) in [7, 11) is 0. The van der Waals surface area contributed by atoms with E-state index in [2.05, 4.69) is 14.6 Å². The molecule has 33 heavy (non-hydrogen) atoms. The number of nitrogens with zero attached hydrogens (tertiary/aromatic N) is 3. The van der Waals surface area contributed by atoms with E-state index in [9.17, 15) is 18.0 Å². The van der Waals surface area contributed by atoms with Gasteiger partial charge in [0.2, 0.25) is 5.91 Å². The molecule has 1 amide bonds. The van der Waals surface area contributed by atoms with Crippen LogP contribution in [0.3, 0.4) is 0 Å². The summed E-state index contributed by atoms with van der Waals surface area (Å²) in [6.07, 6.45) is -4.77. The third kappa shape index (κ3) is 6.83. The summed E-state index contributed by atoms with van der Waals surface area (Å²) in [6, 6.07) is 13.6. The predicted molar refractivity (Wildman–Crippen MR) is 123 cm³/mol. The molecule has 176 valence electrons. The topological polar surface area (TPSA) is 54.9 Å². The lowest BCUT2D eigenvalue weighted by Gasteiger charge is -2.29. The highest BCUT2D eigenvalue weighted by Crippen LogP contribution is 2.33. The Balaban J connectivity index is 1.52. The Morgan fingerprint density at radius 1 is 1.18 bits per heavy atom. The monoisotopic (exact) mass is 497 g/mol. The summed E-state index contributed by atoms with van der Waals surface area (Å²) >= 11 is 2.61. The number of ether oxygens (including phenoxy) is 2. The van der Waals surface area contributed by atoms with Crippen molar-refractivity contribution in [3.63, 3.8) is 0 Å². The number of thiazole rings is 1. The summed E-state index contributed by atoms with van der Waals surface area (Å²) in [5, 5.41) is 0.459. The number of alkyl halides is 3. The highest BCUT2D eigenvalue weighted by molar-refractivity contribution is 8.00. The zero-order valence-corrected chi connectivity index (χ0v) is 19.2. The molecule has 1 aliphatic rings. The highest BCUT2D eigenvalue weighted by Gasteiger charge is 2.31. The lowest BCUT2D eigenvalue weighted by Crippen LogP contribution is -2.43. The average Bonchev–Trinajstić information content (AvgIpc) is 3.21. The molecule has 0 unspecified atom stereocenters. The van der Waals surface area contributed by atoms with Gasteiger partial charge in [-0.15, -0.1) is 24.9 Å². The number of fused-ring (bicyclic) bond motifs is 1. The molecule has 1 fully saturated rings. The zero-order chi connectivity index (χ0) is 23.3. The number of thioether (sulfide) groups is 1. The Morgan fingerprint density at radius 2 is 1.94 bits per heavy atom. The quantitative estimate of drug-likeness (QED) is 0.423. The Hall–Kier alpha value is -2.34. The molecule has 0 radical (unpaired) electrons. The number of rotatable bonds is 8. The average molecular weight is 498 g/mol. The van der Waals surface area contributed by atoms with Crippen LogP contribution in [-0.4, -0.2) is 67.3 Å². The number of hydrogen-bond acceptors (Lipinski definition) is 7. The molecule has 6 nitrogen and oxygen atoms in total. The highest BCUT2D eigenvalue weighted by atomic mass is 32.2. The van der Waals surface area contributed by atoms with Crippen LogP contribution in [0.25, 0.3) is 10.2 Å². The van der Waals surface area contributed by atoms with Crippen LogP contribution in [0.15, 0.2) is 53.4 Å². The summed E-state index contributed by atoms with van der Waals surface area (Å²) in [4.78, 5) is 22.5. The fraction of sp³-hybridized carbons (Fsp3) is 0.364.